The van der Waals surface area contributed by atoms with Crippen LogP contribution in [0, 0.1) is 0 Å². The first-order chi connectivity index (χ1) is 11.2. The molecule has 1 fully saturated rings. The van der Waals surface area contributed by atoms with E-state index in [1.165, 1.54) is 31.0 Å². The zero-order valence-corrected chi connectivity index (χ0v) is 14.3. The van der Waals surface area contributed by atoms with Crippen LogP contribution < -0.4 is 5.32 Å². The molecule has 0 aliphatic heterocycles. The molecule has 1 aliphatic rings. The normalized spacial score (nSPS) is 15.9. The summed E-state index contributed by atoms with van der Waals surface area (Å²) in [5.74, 6) is 1.61. The molecule has 0 radical (unpaired) electrons. The third kappa shape index (κ3) is 3.58. The number of thioether (sulfide) groups is 1. The summed E-state index contributed by atoms with van der Waals surface area (Å²) in [6.45, 7) is 0. The predicted octanol–water partition coefficient (Wildman–Crippen LogP) is 2.53. The third-order valence-electron chi connectivity index (χ3n) is 4.39. The topological polar surface area (TPSA) is 59.8 Å². The van der Waals surface area contributed by atoms with E-state index < -0.39 is 0 Å². The van der Waals surface area contributed by atoms with Crippen LogP contribution in [-0.4, -0.2) is 33.0 Å². The van der Waals surface area contributed by atoms with Crippen LogP contribution in [0.2, 0.25) is 0 Å². The highest BCUT2D eigenvalue weighted by Gasteiger charge is 2.27. The summed E-state index contributed by atoms with van der Waals surface area (Å²) in [7, 11) is 3.68. The van der Waals surface area contributed by atoms with Crippen molar-refractivity contribution in [1.82, 2.24) is 20.1 Å². The van der Waals surface area contributed by atoms with Crippen molar-refractivity contribution in [2.75, 3.05) is 7.05 Å². The number of nitrogens with one attached hydrogen (secondary N) is 1. The average Bonchev–Trinajstić information content (AvgIpc) is 2.87. The summed E-state index contributed by atoms with van der Waals surface area (Å²) in [6.07, 6.45) is 4.34. The number of rotatable bonds is 6. The highest BCUT2D eigenvalue weighted by molar-refractivity contribution is 8.00. The minimum atomic E-state index is -0.209. The molecule has 1 saturated carbocycles. The fourth-order valence-electron chi connectivity index (χ4n) is 2.76. The molecule has 5 nitrogen and oxygen atoms in total. The molecule has 0 saturated heterocycles. The van der Waals surface area contributed by atoms with Crippen LogP contribution in [0.1, 0.15) is 36.6 Å². The molecular weight excluding hydrogens is 308 g/mol. The molecule has 1 amide bonds. The molecule has 1 N–H and O–H groups in total. The molecule has 1 aliphatic carbocycles. The van der Waals surface area contributed by atoms with Gasteiger partial charge in [0, 0.05) is 20.0 Å². The molecular formula is C17H22N4OS. The first-order valence-corrected chi connectivity index (χ1v) is 8.88. The molecule has 6 heteroatoms. The summed E-state index contributed by atoms with van der Waals surface area (Å²) in [6, 6.07) is 10.1. The minimum Gasteiger partial charge on any atom is -0.358 e. The van der Waals surface area contributed by atoms with Crippen molar-refractivity contribution >= 4 is 17.7 Å². The number of amides is 1. The largest absolute Gasteiger partial charge is 0.358 e. The van der Waals surface area contributed by atoms with Gasteiger partial charge in [-0.25, -0.2) is 0 Å². The van der Waals surface area contributed by atoms with Crippen LogP contribution in [0.4, 0.5) is 0 Å². The minimum absolute atomic E-state index is 0.0204. The molecule has 1 heterocycles. The molecule has 2 aromatic rings. The van der Waals surface area contributed by atoms with Crippen molar-refractivity contribution in [1.29, 1.82) is 0 Å². The van der Waals surface area contributed by atoms with E-state index in [0.29, 0.717) is 12.3 Å². The zero-order chi connectivity index (χ0) is 16.2. The van der Waals surface area contributed by atoms with E-state index in [1.807, 2.05) is 37.4 Å². The van der Waals surface area contributed by atoms with Gasteiger partial charge in [0.15, 0.2) is 5.16 Å². The molecule has 1 aromatic carbocycles. The SMILES string of the molecule is CNC(=O)[C@@H](Cc1ccccc1)Sc1nnc(C2CCC2)n1C. The Bertz CT molecular complexity index is 666. The van der Waals surface area contributed by atoms with Gasteiger partial charge in [0.2, 0.25) is 5.91 Å². The Balaban J connectivity index is 1.75. The van der Waals surface area contributed by atoms with E-state index in [2.05, 4.69) is 20.1 Å². The van der Waals surface area contributed by atoms with Gasteiger partial charge in [-0.3, -0.25) is 4.79 Å². The van der Waals surface area contributed by atoms with Crippen molar-refractivity contribution in [2.45, 2.75) is 42.0 Å². The molecule has 0 unspecified atom stereocenters. The fraction of sp³-hybridized carbons (Fsp3) is 0.471. The Morgan fingerprint density at radius 2 is 2.09 bits per heavy atom. The van der Waals surface area contributed by atoms with E-state index in [-0.39, 0.29) is 11.2 Å². The van der Waals surface area contributed by atoms with Gasteiger partial charge in [-0.15, -0.1) is 10.2 Å². The Hall–Kier alpha value is -1.82. The number of carbonyl (C=O) groups excluding carboxylic acids is 1. The van der Waals surface area contributed by atoms with Crippen LogP contribution >= 0.6 is 11.8 Å². The number of carbonyl (C=O) groups is 1. The predicted molar refractivity (Wildman–Crippen MR) is 91.5 cm³/mol. The Morgan fingerprint density at radius 1 is 1.35 bits per heavy atom. The maximum absolute atomic E-state index is 12.3. The van der Waals surface area contributed by atoms with Crippen LogP contribution in [0.25, 0.3) is 0 Å². The standard InChI is InChI=1S/C17H22N4OS/c1-18-16(22)14(11-12-7-4-3-5-8-12)23-17-20-19-15(21(17)2)13-9-6-10-13/h3-5,7-8,13-14H,6,9-11H2,1-2H3,(H,18,22)/t14-/m1/s1. The van der Waals surface area contributed by atoms with Crippen LogP contribution in [0.3, 0.4) is 0 Å². The molecule has 1 aromatic heterocycles. The second-order valence-electron chi connectivity index (χ2n) is 5.94. The van der Waals surface area contributed by atoms with Crippen molar-refractivity contribution < 1.29 is 4.79 Å². The molecule has 1 atom stereocenters. The zero-order valence-electron chi connectivity index (χ0n) is 13.5. The van der Waals surface area contributed by atoms with Gasteiger partial charge >= 0.3 is 0 Å². The molecule has 0 bridgehead atoms. The van der Waals surface area contributed by atoms with Crippen molar-refractivity contribution in [2.24, 2.45) is 7.05 Å². The third-order valence-corrected chi connectivity index (χ3v) is 5.62. The van der Waals surface area contributed by atoms with Crippen LogP contribution in [0.5, 0.6) is 0 Å². The second-order valence-corrected chi connectivity index (χ2v) is 7.11. The van der Waals surface area contributed by atoms with E-state index in [1.54, 1.807) is 7.05 Å². The number of hydrogen-bond acceptors (Lipinski definition) is 4. The van der Waals surface area contributed by atoms with Gasteiger partial charge in [-0.1, -0.05) is 48.5 Å². The highest BCUT2D eigenvalue weighted by atomic mass is 32.2. The molecule has 0 spiro atoms. The van der Waals surface area contributed by atoms with Gasteiger partial charge < -0.3 is 9.88 Å². The maximum Gasteiger partial charge on any atom is 0.233 e. The first kappa shape index (κ1) is 16.1. The molecule has 122 valence electrons. The monoisotopic (exact) mass is 330 g/mol. The van der Waals surface area contributed by atoms with E-state index in [4.69, 9.17) is 0 Å². The lowest BCUT2D eigenvalue weighted by Crippen LogP contribution is -2.31. The number of benzene rings is 1. The Labute approximate surface area is 140 Å². The number of hydrogen-bond donors (Lipinski definition) is 1. The van der Waals surface area contributed by atoms with Gasteiger partial charge in [-0.05, 0) is 24.8 Å². The molecule has 23 heavy (non-hydrogen) atoms. The summed E-state index contributed by atoms with van der Waals surface area (Å²) in [5.41, 5.74) is 1.15. The quantitative estimate of drug-likeness (QED) is 0.827. The van der Waals surface area contributed by atoms with E-state index in [0.717, 1.165) is 16.5 Å². The second kappa shape index (κ2) is 7.17. The van der Waals surface area contributed by atoms with Crippen LogP contribution in [0.15, 0.2) is 35.5 Å². The van der Waals surface area contributed by atoms with Gasteiger partial charge in [0.1, 0.15) is 5.82 Å². The lowest BCUT2D eigenvalue weighted by atomic mass is 9.85. The number of aromatic nitrogens is 3. The lowest BCUT2D eigenvalue weighted by molar-refractivity contribution is -0.120. The van der Waals surface area contributed by atoms with Gasteiger partial charge in [0.05, 0.1) is 5.25 Å². The van der Waals surface area contributed by atoms with Crippen molar-refractivity contribution in [3.63, 3.8) is 0 Å². The average molecular weight is 330 g/mol. The Kier molecular flexibility index (Phi) is 5.00. The fourth-order valence-corrected chi connectivity index (χ4v) is 3.85. The lowest BCUT2D eigenvalue weighted by Gasteiger charge is -2.24. The smallest absolute Gasteiger partial charge is 0.233 e. The van der Waals surface area contributed by atoms with Crippen LogP contribution in [-0.2, 0) is 18.3 Å². The summed E-state index contributed by atoms with van der Waals surface area (Å²) < 4.78 is 2.05. The maximum atomic E-state index is 12.3. The van der Waals surface area contributed by atoms with Gasteiger partial charge in [-0.2, -0.15) is 0 Å². The Morgan fingerprint density at radius 3 is 2.70 bits per heavy atom. The van der Waals surface area contributed by atoms with Gasteiger partial charge in [0.25, 0.3) is 0 Å². The van der Waals surface area contributed by atoms with E-state index >= 15 is 0 Å². The van der Waals surface area contributed by atoms with Crippen molar-refractivity contribution in [3.05, 3.63) is 41.7 Å². The van der Waals surface area contributed by atoms with E-state index in [9.17, 15) is 4.79 Å². The number of nitrogens with zero attached hydrogens (tertiary/aromatic N) is 3. The molecule has 3 rings (SSSR count). The van der Waals surface area contributed by atoms with Crippen molar-refractivity contribution in [3.8, 4) is 0 Å². The summed E-state index contributed by atoms with van der Waals surface area (Å²) in [4.78, 5) is 12.3. The summed E-state index contributed by atoms with van der Waals surface area (Å²) >= 11 is 1.49. The first-order valence-electron chi connectivity index (χ1n) is 8.00. The highest BCUT2D eigenvalue weighted by Crippen LogP contribution is 2.36. The summed E-state index contributed by atoms with van der Waals surface area (Å²) in [5, 5.41) is 12.0.